The molecule has 1 aromatic rings. The number of hydrogen-bond donors (Lipinski definition) is 2. The summed E-state index contributed by atoms with van der Waals surface area (Å²) < 4.78 is 0. The maximum absolute atomic E-state index is 12.3. The van der Waals surface area contributed by atoms with E-state index in [0.29, 0.717) is 19.3 Å². The molecule has 1 aliphatic rings. The Kier molecular flexibility index (Phi) is 3.60. The fourth-order valence-electron chi connectivity index (χ4n) is 2.60. The van der Waals surface area contributed by atoms with E-state index in [-0.39, 0.29) is 11.8 Å². The van der Waals surface area contributed by atoms with E-state index in [0.717, 1.165) is 5.56 Å². The van der Waals surface area contributed by atoms with Gasteiger partial charge >= 0.3 is 5.97 Å². The van der Waals surface area contributed by atoms with Crippen LogP contribution in [0.3, 0.4) is 0 Å². The quantitative estimate of drug-likeness (QED) is 0.853. The topological polar surface area (TPSA) is 66.4 Å². The first-order chi connectivity index (χ1) is 9.04. The van der Waals surface area contributed by atoms with E-state index in [9.17, 15) is 14.7 Å². The number of benzene rings is 1. The van der Waals surface area contributed by atoms with Gasteiger partial charge in [-0.05, 0) is 30.4 Å². The van der Waals surface area contributed by atoms with Crippen LogP contribution in [-0.2, 0) is 16.0 Å². The van der Waals surface area contributed by atoms with Gasteiger partial charge in [-0.25, -0.2) is 4.79 Å². The summed E-state index contributed by atoms with van der Waals surface area (Å²) in [4.78, 5) is 23.6. The normalized spacial score (nSPS) is 17.3. The van der Waals surface area contributed by atoms with Crippen LogP contribution in [-0.4, -0.2) is 22.5 Å². The largest absolute Gasteiger partial charge is 0.480 e. The number of carboxylic acid groups (broad SMARTS) is 1. The van der Waals surface area contributed by atoms with Crippen LogP contribution in [0.2, 0.25) is 0 Å². The number of aliphatic carboxylic acids is 1. The highest BCUT2D eigenvalue weighted by Gasteiger charge is 2.40. The Balaban J connectivity index is 2.13. The van der Waals surface area contributed by atoms with Crippen LogP contribution < -0.4 is 5.32 Å². The minimum absolute atomic E-state index is 0.176. The minimum atomic E-state index is -1.14. The number of nitrogens with one attached hydrogen (secondary N) is 1. The second kappa shape index (κ2) is 5.03. The van der Waals surface area contributed by atoms with Crippen molar-refractivity contribution in [3.63, 3.8) is 0 Å². The zero-order valence-electron chi connectivity index (χ0n) is 11.3. The van der Waals surface area contributed by atoms with Crippen LogP contribution in [0.5, 0.6) is 0 Å². The molecule has 102 valence electrons. The lowest BCUT2D eigenvalue weighted by atomic mass is 9.76. The first-order valence-corrected chi connectivity index (χ1v) is 6.67. The van der Waals surface area contributed by atoms with E-state index in [4.69, 9.17) is 0 Å². The maximum Gasteiger partial charge on any atom is 0.329 e. The smallest absolute Gasteiger partial charge is 0.329 e. The van der Waals surface area contributed by atoms with Gasteiger partial charge < -0.3 is 10.4 Å². The minimum Gasteiger partial charge on any atom is -0.480 e. The molecule has 1 unspecified atom stereocenters. The van der Waals surface area contributed by atoms with Crippen LogP contribution in [0.15, 0.2) is 24.3 Å². The van der Waals surface area contributed by atoms with Gasteiger partial charge in [0.25, 0.3) is 0 Å². The third kappa shape index (κ3) is 2.23. The van der Waals surface area contributed by atoms with Crippen molar-refractivity contribution in [1.29, 1.82) is 0 Å². The third-order valence-corrected chi connectivity index (χ3v) is 4.15. The first-order valence-electron chi connectivity index (χ1n) is 6.67. The molecular formula is C15H19NO3. The Morgan fingerprint density at radius 1 is 1.32 bits per heavy atom. The standard InChI is InChI=1S/C15H19NO3/c1-3-15(4-2,14(18)19)16-13(17)12-9-10-7-5-6-8-11(10)12/h5-8,12H,3-4,9H2,1-2H3,(H,16,17)(H,18,19). The molecule has 0 bridgehead atoms. The van der Waals surface area contributed by atoms with E-state index in [1.165, 1.54) is 5.56 Å². The highest BCUT2D eigenvalue weighted by molar-refractivity contribution is 5.92. The second-order valence-corrected chi connectivity index (χ2v) is 5.04. The van der Waals surface area contributed by atoms with Gasteiger partial charge in [0.2, 0.25) is 5.91 Å². The predicted octanol–water partition coefficient (Wildman–Crippen LogP) is 2.09. The number of fused-ring (bicyclic) bond motifs is 1. The Morgan fingerprint density at radius 2 is 1.95 bits per heavy atom. The van der Waals surface area contributed by atoms with Crippen molar-refractivity contribution in [2.24, 2.45) is 0 Å². The van der Waals surface area contributed by atoms with Crippen LogP contribution in [0.1, 0.15) is 43.7 Å². The lowest BCUT2D eigenvalue weighted by molar-refractivity contribution is -0.148. The van der Waals surface area contributed by atoms with Gasteiger partial charge in [-0.2, -0.15) is 0 Å². The number of carbonyl (C=O) groups excluding carboxylic acids is 1. The zero-order chi connectivity index (χ0) is 14.0. The first kappa shape index (κ1) is 13.6. The Bertz CT molecular complexity index is 506. The van der Waals surface area contributed by atoms with E-state index in [1.807, 2.05) is 24.3 Å². The van der Waals surface area contributed by atoms with Crippen molar-refractivity contribution in [3.8, 4) is 0 Å². The van der Waals surface area contributed by atoms with Gasteiger partial charge in [-0.3, -0.25) is 4.79 Å². The summed E-state index contributed by atoms with van der Waals surface area (Å²) in [7, 11) is 0. The van der Waals surface area contributed by atoms with Gasteiger partial charge in [0, 0.05) is 0 Å². The van der Waals surface area contributed by atoms with E-state index >= 15 is 0 Å². The monoisotopic (exact) mass is 261 g/mol. The molecular weight excluding hydrogens is 242 g/mol. The SMILES string of the molecule is CCC(CC)(NC(=O)C1Cc2ccccc21)C(=O)O. The lowest BCUT2D eigenvalue weighted by Gasteiger charge is -2.34. The van der Waals surface area contributed by atoms with Crippen LogP contribution >= 0.6 is 0 Å². The van der Waals surface area contributed by atoms with Gasteiger partial charge in [-0.1, -0.05) is 38.1 Å². The molecule has 0 saturated carbocycles. The summed E-state index contributed by atoms with van der Waals surface area (Å²) in [5.74, 6) is -1.34. The highest BCUT2D eigenvalue weighted by Crippen LogP contribution is 2.35. The molecule has 2 rings (SSSR count). The summed E-state index contributed by atoms with van der Waals surface area (Å²) >= 11 is 0. The number of rotatable bonds is 5. The van der Waals surface area contributed by atoms with Crippen molar-refractivity contribution in [1.82, 2.24) is 5.32 Å². The summed E-state index contributed by atoms with van der Waals surface area (Å²) in [6.07, 6.45) is 1.48. The summed E-state index contributed by atoms with van der Waals surface area (Å²) in [6, 6.07) is 7.79. The van der Waals surface area contributed by atoms with Gasteiger partial charge in [-0.15, -0.1) is 0 Å². The Labute approximate surface area is 112 Å². The van der Waals surface area contributed by atoms with Crippen molar-refractivity contribution >= 4 is 11.9 Å². The molecule has 1 atom stereocenters. The third-order valence-electron chi connectivity index (χ3n) is 4.15. The molecule has 4 nitrogen and oxygen atoms in total. The van der Waals surface area contributed by atoms with Crippen LogP contribution in [0, 0.1) is 0 Å². The van der Waals surface area contributed by atoms with E-state index < -0.39 is 11.5 Å². The number of carbonyl (C=O) groups is 2. The average Bonchev–Trinajstić information content (AvgIpc) is 2.37. The average molecular weight is 261 g/mol. The van der Waals surface area contributed by atoms with Crippen molar-refractivity contribution in [2.75, 3.05) is 0 Å². The molecule has 1 aromatic carbocycles. The number of amides is 1. The summed E-state index contributed by atoms with van der Waals surface area (Å²) in [6.45, 7) is 3.57. The molecule has 2 N–H and O–H groups in total. The molecule has 0 saturated heterocycles. The van der Waals surface area contributed by atoms with Crippen molar-refractivity contribution in [2.45, 2.75) is 44.6 Å². The van der Waals surface area contributed by atoms with Crippen LogP contribution in [0.4, 0.5) is 0 Å². The summed E-state index contributed by atoms with van der Waals surface area (Å²) in [5, 5.41) is 12.1. The number of carboxylic acids is 1. The fourth-order valence-corrected chi connectivity index (χ4v) is 2.60. The number of hydrogen-bond acceptors (Lipinski definition) is 2. The fraction of sp³-hybridized carbons (Fsp3) is 0.467. The molecule has 0 spiro atoms. The molecule has 0 radical (unpaired) electrons. The van der Waals surface area contributed by atoms with Crippen molar-refractivity contribution in [3.05, 3.63) is 35.4 Å². The predicted molar refractivity (Wildman–Crippen MR) is 72.0 cm³/mol. The molecule has 0 heterocycles. The van der Waals surface area contributed by atoms with Crippen LogP contribution in [0.25, 0.3) is 0 Å². The van der Waals surface area contributed by atoms with E-state index in [1.54, 1.807) is 13.8 Å². The molecule has 4 heteroatoms. The van der Waals surface area contributed by atoms with Gasteiger partial charge in [0.15, 0.2) is 0 Å². The zero-order valence-corrected chi connectivity index (χ0v) is 11.3. The van der Waals surface area contributed by atoms with Gasteiger partial charge in [0.1, 0.15) is 5.54 Å². The molecule has 1 aliphatic carbocycles. The van der Waals surface area contributed by atoms with Crippen molar-refractivity contribution < 1.29 is 14.7 Å². The molecule has 0 fully saturated rings. The molecule has 0 aromatic heterocycles. The molecule has 19 heavy (non-hydrogen) atoms. The lowest BCUT2D eigenvalue weighted by Crippen LogP contribution is -2.55. The molecule has 0 aliphatic heterocycles. The maximum atomic E-state index is 12.3. The Hall–Kier alpha value is -1.84. The van der Waals surface area contributed by atoms with E-state index in [2.05, 4.69) is 5.32 Å². The molecule has 1 amide bonds. The highest BCUT2D eigenvalue weighted by atomic mass is 16.4. The second-order valence-electron chi connectivity index (χ2n) is 5.04. The van der Waals surface area contributed by atoms with Gasteiger partial charge in [0.05, 0.1) is 5.92 Å². The Morgan fingerprint density at radius 3 is 2.47 bits per heavy atom. The summed E-state index contributed by atoms with van der Waals surface area (Å²) in [5.41, 5.74) is 1.06.